The lowest BCUT2D eigenvalue weighted by Crippen LogP contribution is -2.66. The SMILES string of the molecule is CC(=O)N[C@H]1[C@@H](Oc2ccc3ccccc3c2)O[C@@H](CO)[C@@H](O)[C@@H]1OC(C)=O. The van der Waals surface area contributed by atoms with Crippen LogP contribution in [0.25, 0.3) is 10.8 Å². The number of aliphatic hydroxyl groups excluding tert-OH is 2. The van der Waals surface area contributed by atoms with E-state index >= 15 is 0 Å². The molecule has 5 atom stereocenters. The van der Waals surface area contributed by atoms with E-state index in [2.05, 4.69) is 5.32 Å². The predicted octanol–water partition coefficient (Wildman–Crippen LogP) is 0.733. The van der Waals surface area contributed by atoms with Crippen LogP contribution in [-0.2, 0) is 19.1 Å². The normalized spacial score (nSPS) is 27.2. The van der Waals surface area contributed by atoms with Crippen molar-refractivity contribution in [2.75, 3.05) is 6.61 Å². The van der Waals surface area contributed by atoms with Gasteiger partial charge in [0.1, 0.15) is 24.0 Å². The van der Waals surface area contributed by atoms with Crippen LogP contribution in [-0.4, -0.2) is 59.3 Å². The van der Waals surface area contributed by atoms with Gasteiger partial charge < -0.3 is 29.7 Å². The zero-order valence-corrected chi connectivity index (χ0v) is 15.6. The Kier molecular flexibility index (Phi) is 6.13. The van der Waals surface area contributed by atoms with E-state index in [-0.39, 0.29) is 0 Å². The van der Waals surface area contributed by atoms with Crippen LogP contribution in [0.4, 0.5) is 0 Å². The standard InChI is InChI=1S/C20H23NO7/c1-11(23)21-17-19(26-12(2)24)18(25)16(10-22)28-20(17)27-15-8-7-13-5-3-4-6-14(13)9-15/h3-9,16-20,22,25H,10H2,1-2H3,(H,21,23)/t16-,17+,18+,19+,20-/m0/s1. The number of fused-ring (bicyclic) bond motifs is 1. The van der Waals surface area contributed by atoms with Gasteiger partial charge in [-0.3, -0.25) is 9.59 Å². The summed E-state index contributed by atoms with van der Waals surface area (Å²) in [6.07, 6.45) is -4.60. The number of nitrogens with one attached hydrogen (secondary N) is 1. The zero-order valence-electron chi connectivity index (χ0n) is 15.6. The maximum Gasteiger partial charge on any atom is 0.303 e. The molecular weight excluding hydrogens is 366 g/mol. The van der Waals surface area contributed by atoms with Gasteiger partial charge in [0.15, 0.2) is 6.10 Å². The summed E-state index contributed by atoms with van der Waals surface area (Å²) < 4.78 is 16.8. The predicted molar refractivity (Wildman–Crippen MR) is 99.5 cm³/mol. The van der Waals surface area contributed by atoms with Crippen molar-refractivity contribution in [3.63, 3.8) is 0 Å². The van der Waals surface area contributed by atoms with Crippen LogP contribution in [0.3, 0.4) is 0 Å². The molecule has 2 aromatic carbocycles. The highest BCUT2D eigenvalue weighted by atomic mass is 16.7. The molecule has 0 aromatic heterocycles. The molecule has 0 bridgehead atoms. The maximum absolute atomic E-state index is 11.7. The number of esters is 1. The summed E-state index contributed by atoms with van der Waals surface area (Å²) in [5, 5.41) is 24.5. The third-order valence-corrected chi connectivity index (χ3v) is 4.50. The van der Waals surface area contributed by atoms with E-state index in [0.29, 0.717) is 5.75 Å². The number of amides is 1. The minimum Gasteiger partial charge on any atom is -0.463 e. The molecule has 3 rings (SSSR count). The van der Waals surface area contributed by atoms with Crippen molar-refractivity contribution in [2.45, 2.75) is 44.5 Å². The number of carbonyl (C=O) groups excluding carboxylic acids is 2. The molecule has 0 saturated carbocycles. The minimum atomic E-state index is -1.33. The van der Waals surface area contributed by atoms with Gasteiger partial charge in [0.05, 0.1) is 6.61 Å². The average Bonchev–Trinajstić information content (AvgIpc) is 2.66. The van der Waals surface area contributed by atoms with Gasteiger partial charge in [-0.05, 0) is 22.9 Å². The van der Waals surface area contributed by atoms with Crippen molar-refractivity contribution in [1.29, 1.82) is 0 Å². The van der Waals surface area contributed by atoms with Crippen molar-refractivity contribution >= 4 is 22.6 Å². The van der Waals surface area contributed by atoms with E-state index in [0.717, 1.165) is 10.8 Å². The fraction of sp³-hybridized carbons (Fsp3) is 0.400. The summed E-state index contributed by atoms with van der Waals surface area (Å²) in [5.74, 6) is -0.580. The number of rotatable bonds is 5. The summed E-state index contributed by atoms with van der Waals surface area (Å²) in [4.78, 5) is 23.2. The Morgan fingerprint density at radius 3 is 2.50 bits per heavy atom. The highest BCUT2D eigenvalue weighted by Crippen LogP contribution is 2.28. The lowest BCUT2D eigenvalue weighted by atomic mass is 9.96. The van der Waals surface area contributed by atoms with E-state index < -0.39 is 49.1 Å². The first kappa shape index (κ1) is 20.1. The van der Waals surface area contributed by atoms with Gasteiger partial charge in [-0.15, -0.1) is 0 Å². The lowest BCUT2D eigenvalue weighted by molar-refractivity contribution is -0.249. The molecule has 0 radical (unpaired) electrons. The number of hydrogen-bond donors (Lipinski definition) is 3. The molecule has 1 aliphatic rings. The number of hydrogen-bond acceptors (Lipinski definition) is 7. The summed E-state index contributed by atoms with van der Waals surface area (Å²) in [6.45, 7) is 1.98. The highest BCUT2D eigenvalue weighted by Gasteiger charge is 2.48. The van der Waals surface area contributed by atoms with Gasteiger partial charge in [-0.1, -0.05) is 30.3 Å². The summed E-state index contributed by atoms with van der Waals surface area (Å²) >= 11 is 0. The van der Waals surface area contributed by atoms with Crippen LogP contribution in [0.2, 0.25) is 0 Å². The Hall–Kier alpha value is -2.68. The second-order valence-electron chi connectivity index (χ2n) is 6.64. The molecule has 2 aromatic rings. The van der Waals surface area contributed by atoms with Gasteiger partial charge in [0, 0.05) is 13.8 Å². The Bertz CT molecular complexity index is 855. The molecule has 3 N–H and O–H groups in total. The first-order chi connectivity index (χ1) is 13.4. The molecule has 0 unspecified atom stereocenters. The second kappa shape index (κ2) is 8.55. The van der Waals surface area contributed by atoms with Gasteiger partial charge in [-0.25, -0.2) is 0 Å². The number of carbonyl (C=O) groups is 2. The smallest absolute Gasteiger partial charge is 0.303 e. The Morgan fingerprint density at radius 2 is 1.86 bits per heavy atom. The molecule has 1 fully saturated rings. The molecule has 8 heteroatoms. The largest absolute Gasteiger partial charge is 0.463 e. The molecular formula is C20H23NO7. The van der Waals surface area contributed by atoms with E-state index in [4.69, 9.17) is 14.2 Å². The molecule has 1 saturated heterocycles. The quantitative estimate of drug-likeness (QED) is 0.646. The molecule has 1 heterocycles. The van der Waals surface area contributed by atoms with Crippen molar-refractivity contribution in [3.05, 3.63) is 42.5 Å². The Balaban J connectivity index is 1.91. The van der Waals surface area contributed by atoms with Gasteiger partial charge in [0.25, 0.3) is 0 Å². The summed E-state index contributed by atoms with van der Waals surface area (Å²) in [7, 11) is 0. The maximum atomic E-state index is 11.7. The topological polar surface area (TPSA) is 114 Å². The molecule has 0 spiro atoms. The lowest BCUT2D eigenvalue weighted by Gasteiger charge is -2.43. The summed E-state index contributed by atoms with van der Waals surface area (Å²) in [6, 6.07) is 12.2. The molecule has 28 heavy (non-hydrogen) atoms. The van der Waals surface area contributed by atoms with Crippen molar-refractivity contribution < 1.29 is 34.0 Å². The van der Waals surface area contributed by atoms with Crippen molar-refractivity contribution in [3.8, 4) is 5.75 Å². The second-order valence-corrected chi connectivity index (χ2v) is 6.64. The number of benzene rings is 2. The van der Waals surface area contributed by atoms with Crippen LogP contribution in [0, 0.1) is 0 Å². The fourth-order valence-corrected chi connectivity index (χ4v) is 3.26. The molecule has 8 nitrogen and oxygen atoms in total. The fourth-order valence-electron chi connectivity index (χ4n) is 3.26. The third-order valence-electron chi connectivity index (χ3n) is 4.50. The monoisotopic (exact) mass is 389 g/mol. The zero-order chi connectivity index (χ0) is 20.3. The van der Waals surface area contributed by atoms with E-state index in [1.54, 1.807) is 6.07 Å². The Morgan fingerprint density at radius 1 is 1.14 bits per heavy atom. The van der Waals surface area contributed by atoms with E-state index in [1.807, 2.05) is 36.4 Å². The van der Waals surface area contributed by atoms with Gasteiger partial charge in [0.2, 0.25) is 12.2 Å². The molecule has 1 aliphatic heterocycles. The number of ether oxygens (including phenoxy) is 3. The first-order valence-corrected chi connectivity index (χ1v) is 8.93. The van der Waals surface area contributed by atoms with Crippen LogP contribution in [0.1, 0.15) is 13.8 Å². The van der Waals surface area contributed by atoms with E-state index in [1.165, 1.54) is 13.8 Å². The van der Waals surface area contributed by atoms with E-state index in [9.17, 15) is 19.8 Å². The average molecular weight is 389 g/mol. The molecule has 1 amide bonds. The van der Waals surface area contributed by atoms with Crippen LogP contribution in [0.5, 0.6) is 5.75 Å². The van der Waals surface area contributed by atoms with Crippen LogP contribution >= 0.6 is 0 Å². The Labute approximate surface area is 162 Å². The van der Waals surface area contributed by atoms with Crippen molar-refractivity contribution in [2.24, 2.45) is 0 Å². The molecule has 0 aliphatic carbocycles. The van der Waals surface area contributed by atoms with Gasteiger partial charge in [-0.2, -0.15) is 0 Å². The highest BCUT2D eigenvalue weighted by molar-refractivity contribution is 5.83. The third kappa shape index (κ3) is 4.41. The first-order valence-electron chi connectivity index (χ1n) is 8.93. The minimum absolute atomic E-state index is 0.410. The van der Waals surface area contributed by atoms with Gasteiger partial charge >= 0.3 is 5.97 Å². The van der Waals surface area contributed by atoms with Crippen LogP contribution < -0.4 is 10.1 Å². The van der Waals surface area contributed by atoms with Crippen molar-refractivity contribution in [1.82, 2.24) is 5.32 Å². The number of aliphatic hydroxyl groups is 2. The van der Waals surface area contributed by atoms with Crippen LogP contribution in [0.15, 0.2) is 42.5 Å². The molecule has 150 valence electrons. The summed E-state index contributed by atoms with van der Waals surface area (Å²) in [5.41, 5.74) is 0.